The molecule has 0 spiro atoms. The molecule has 8 heteroatoms. The van der Waals surface area contributed by atoms with Crippen molar-refractivity contribution in [2.75, 3.05) is 31.4 Å². The Bertz CT molecular complexity index is 658. The van der Waals surface area contributed by atoms with Crippen molar-refractivity contribution in [1.82, 2.24) is 9.29 Å². The molecular formula is C15H23N3O4S. The number of carbonyl (C=O) groups excluding carboxylic acids is 1. The third-order valence-corrected chi connectivity index (χ3v) is 5.91. The van der Waals surface area contributed by atoms with Gasteiger partial charge in [-0.05, 0) is 18.4 Å². The second kappa shape index (κ2) is 6.84. The Labute approximate surface area is 137 Å². The van der Waals surface area contributed by atoms with Gasteiger partial charge in [-0.3, -0.25) is 4.79 Å². The monoisotopic (exact) mass is 341 g/mol. The Hall–Kier alpha value is -1.67. The van der Waals surface area contributed by atoms with E-state index >= 15 is 0 Å². The molecule has 1 unspecified atom stereocenters. The number of carbonyl (C=O) groups is 1. The van der Waals surface area contributed by atoms with Crippen LogP contribution in [0.3, 0.4) is 0 Å². The molecule has 0 N–H and O–H groups in total. The van der Waals surface area contributed by atoms with Gasteiger partial charge < -0.3 is 9.64 Å². The zero-order valence-corrected chi connectivity index (χ0v) is 14.7. The lowest BCUT2D eigenvalue weighted by Gasteiger charge is -2.32. The topological polar surface area (TPSA) is 79.8 Å². The average Bonchev–Trinajstić information content (AvgIpc) is 2.86. The average molecular weight is 341 g/mol. The van der Waals surface area contributed by atoms with E-state index in [1.165, 1.54) is 22.5 Å². The highest BCUT2D eigenvalue weighted by Gasteiger charge is 2.41. The van der Waals surface area contributed by atoms with Gasteiger partial charge in [0.25, 0.3) is 0 Å². The van der Waals surface area contributed by atoms with E-state index in [9.17, 15) is 13.2 Å². The summed E-state index contributed by atoms with van der Waals surface area (Å²) in [6.45, 7) is 4.11. The summed E-state index contributed by atoms with van der Waals surface area (Å²) in [6, 6.07) is 2.69. The molecule has 2 heterocycles. The minimum Gasteiger partial charge on any atom is -0.481 e. The van der Waals surface area contributed by atoms with Crippen LogP contribution in [-0.2, 0) is 14.8 Å². The lowest BCUT2D eigenvalue weighted by atomic mass is 10.0. The summed E-state index contributed by atoms with van der Waals surface area (Å²) in [7, 11) is -0.206. The highest BCUT2D eigenvalue weighted by Crippen LogP contribution is 2.25. The van der Waals surface area contributed by atoms with Crippen molar-refractivity contribution >= 4 is 21.6 Å². The van der Waals surface area contributed by atoms with Crippen LogP contribution in [0.5, 0.6) is 5.88 Å². The maximum absolute atomic E-state index is 12.9. The smallest absolute Gasteiger partial charge is 0.245 e. The van der Waals surface area contributed by atoms with Gasteiger partial charge in [-0.25, -0.2) is 13.4 Å². The molecule has 23 heavy (non-hydrogen) atoms. The van der Waals surface area contributed by atoms with Crippen LogP contribution < -0.4 is 9.64 Å². The molecule has 1 aliphatic rings. The highest BCUT2D eigenvalue weighted by atomic mass is 32.2. The molecule has 1 amide bonds. The van der Waals surface area contributed by atoms with Crippen LogP contribution in [0.15, 0.2) is 18.3 Å². The predicted octanol–water partition coefficient (Wildman–Crippen LogP) is 1.11. The molecule has 0 saturated carbocycles. The van der Waals surface area contributed by atoms with Crippen LogP contribution in [0, 0.1) is 5.92 Å². The molecule has 0 bridgehead atoms. The fourth-order valence-electron chi connectivity index (χ4n) is 2.73. The van der Waals surface area contributed by atoms with Crippen molar-refractivity contribution in [2.24, 2.45) is 5.92 Å². The first-order valence-corrected chi connectivity index (χ1v) is 9.16. The minimum atomic E-state index is -3.35. The van der Waals surface area contributed by atoms with Crippen molar-refractivity contribution < 1.29 is 17.9 Å². The second-order valence-corrected chi connectivity index (χ2v) is 7.97. The number of pyridine rings is 1. The first-order valence-electron chi connectivity index (χ1n) is 7.55. The number of methoxy groups -OCH3 is 1. The lowest BCUT2D eigenvalue weighted by Crippen LogP contribution is -2.51. The Balaban J connectivity index is 2.26. The van der Waals surface area contributed by atoms with Crippen LogP contribution in [0.1, 0.15) is 20.3 Å². The summed E-state index contributed by atoms with van der Waals surface area (Å²) in [5.74, 6) is 0.190. The third-order valence-electron chi connectivity index (χ3n) is 3.98. The van der Waals surface area contributed by atoms with Crippen LogP contribution >= 0.6 is 0 Å². The summed E-state index contributed by atoms with van der Waals surface area (Å²) in [5, 5.41) is 0. The quantitative estimate of drug-likeness (QED) is 0.801. The highest BCUT2D eigenvalue weighted by molar-refractivity contribution is 7.89. The number of hydrogen-bond donors (Lipinski definition) is 0. The molecule has 1 atom stereocenters. The number of likely N-dealkylation sites (N-methyl/N-ethyl adjacent to an activating group) is 1. The summed E-state index contributed by atoms with van der Waals surface area (Å²) in [5.41, 5.74) is 0.595. The molecule has 0 aliphatic carbocycles. The number of hydrogen-bond acceptors (Lipinski definition) is 5. The number of rotatable bonds is 5. The van der Waals surface area contributed by atoms with Crippen molar-refractivity contribution in [2.45, 2.75) is 26.3 Å². The zero-order chi connectivity index (χ0) is 17.2. The normalized spacial score (nSPS) is 18.8. The zero-order valence-electron chi connectivity index (χ0n) is 13.9. The number of aromatic nitrogens is 1. The Kier molecular flexibility index (Phi) is 5.26. The summed E-state index contributed by atoms with van der Waals surface area (Å²) in [4.78, 5) is 18.4. The van der Waals surface area contributed by atoms with E-state index in [0.29, 0.717) is 24.5 Å². The number of nitrogens with zero attached hydrogens (tertiary/aromatic N) is 3. The van der Waals surface area contributed by atoms with E-state index in [1.54, 1.807) is 19.2 Å². The molecule has 1 fully saturated rings. The van der Waals surface area contributed by atoms with Crippen molar-refractivity contribution in [1.29, 1.82) is 0 Å². The molecule has 0 radical (unpaired) electrons. The van der Waals surface area contributed by atoms with Crippen molar-refractivity contribution in [3.63, 3.8) is 0 Å². The fourth-order valence-corrected chi connectivity index (χ4v) is 4.54. The van der Waals surface area contributed by atoms with E-state index in [4.69, 9.17) is 4.74 Å². The maximum Gasteiger partial charge on any atom is 0.245 e. The Morgan fingerprint density at radius 3 is 2.52 bits per heavy atom. The molecule has 0 aromatic carbocycles. The Morgan fingerprint density at radius 1 is 1.39 bits per heavy atom. The van der Waals surface area contributed by atoms with E-state index in [2.05, 4.69) is 4.98 Å². The Morgan fingerprint density at radius 2 is 2.09 bits per heavy atom. The second-order valence-electron chi connectivity index (χ2n) is 5.93. The van der Waals surface area contributed by atoms with Gasteiger partial charge in [-0.15, -0.1) is 0 Å². The fraction of sp³-hybridized carbons (Fsp3) is 0.600. The van der Waals surface area contributed by atoms with Gasteiger partial charge >= 0.3 is 0 Å². The van der Waals surface area contributed by atoms with Crippen molar-refractivity contribution in [3.8, 4) is 5.88 Å². The summed E-state index contributed by atoms with van der Waals surface area (Å²) < 4.78 is 30.7. The first kappa shape index (κ1) is 17.7. The van der Waals surface area contributed by atoms with Crippen LogP contribution in [-0.4, -0.2) is 56.1 Å². The van der Waals surface area contributed by atoms with Crippen molar-refractivity contribution in [3.05, 3.63) is 18.3 Å². The van der Waals surface area contributed by atoms with Gasteiger partial charge in [-0.2, -0.15) is 4.31 Å². The molecule has 1 saturated heterocycles. The first-order chi connectivity index (χ1) is 10.8. The van der Waals surface area contributed by atoms with Gasteiger partial charge in [0.2, 0.25) is 21.8 Å². The summed E-state index contributed by atoms with van der Waals surface area (Å²) in [6.07, 6.45) is 2.10. The number of sulfonamides is 1. The van der Waals surface area contributed by atoms with Gasteiger partial charge in [0.15, 0.2) is 0 Å². The molecular weight excluding hydrogens is 318 g/mol. The largest absolute Gasteiger partial charge is 0.481 e. The SMILES string of the molecule is COc1ccc(N(C)C(=O)C(C(C)C)N2CCCS2(=O)=O)cn1. The van der Waals surface area contributed by atoms with Crippen LogP contribution in [0.2, 0.25) is 0 Å². The van der Waals surface area contributed by atoms with E-state index in [-0.39, 0.29) is 17.6 Å². The summed E-state index contributed by atoms with van der Waals surface area (Å²) >= 11 is 0. The molecule has 2 rings (SSSR count). The number of anilines is 1. The molecule has 1 aromatic rings. The maximum atomic E-state index is 12.9. The lowest BCUT2D eigenvalue weighted by molar-refractivity contribution is -0.123. The molecule has 128 valence electrons. The van der Waals surface area contributed by atoms with Gasteiger partial charge in [-0.1, -0.05) is 13.8 Å². The molecule has 7 nitrogen and oxygen atoms in total. The van der Waals surface area contributed by atoms with Crippen LogP contribution in [0.25, 0.3) is 0 Å². The van der Waals surface area contributed by atoms with E-state index in [1.807, 2.05) is 13.8 Å². The standard InChI is InChI=1S/C15H23N3O4S/c1-11(2)14(18-8-5-9-23(18,20)21)15(19)17(3)12-6-7-13(22-4)16-10-12/h6-7,10-11,14H,5,8-9H2,1-4H3. The number of ether oxygens (including phenoxy) is 1. The van der Waals surface area contributed by atoms with E-state index in [0.717, 1.165) is 0 Å². The third kappa shape index (κ3) is 3.64. The molecule has 1 aromatic heterocycles. The van der Waals surface area contributed by atoms with Crippen LogP contribution in [0.4, 0.5) is 5.69 Å². The van der Waals surface area contributed by atoms with Gasteiger partial charge in [0.05, 0.1) is 24.7 Å². The number of amides is 1. The van der Waals surface area contributed by atoms with Gasteiger partial charge in [0.1, 0.15) is 6.04 Å². The van der Waals surface area contributed by atoms with E-state index < -0.39 is 16.1 Å². The van der Waals surface area contributed by atoms with Gasteiger partial charge in [0, 0.05) is 19.7 Å². The molecule has 1 aliphatic heterocycles. The minimum absolute atomic E-state index is 0.108. The predicted molar refractivity (Wildman–Crippen MR) is 87.9 cm³/mol.